The molecule has 0 atom stereocenters. The highest BCUT2D eigenvalue weighted by atomic mass is 28.3. The number of aryl methyl sites for hydroxylation is 1. The van der Waals surface area contributed by atoms with Crippen molar-refractivity contribution < 1.29 is 0 Å². The molecule has 1 aromatic heterocycles. The maximum Gasteiger partial charge on any atom is 0.328 e. The van der Waals surface area contributed by atoms with Crippen molar-refractivity contribution in [3.8, 4) is 11.5 Å². The molecule has 1 heterocycles. The van der Waals surface area contributed by atoms with Gasteiger partial charge in [-0.2, -0.15) is 0 Å². The monoisotopic (exact) mass is 320 g/mol. The molecule has 1 rings (SSSR count). The molecule has 0 fully saturated rings. The highest BCUT2D eigenvalue weighted by Crippen LogP contribution is 2.05. The van der Waals surface area contributed by atoms with E-state index in [-0.39, 0.29) is 11.2 Å². The average Bonchev–Trinajstić information content (AvgIpc) is 2.42. The number of hydrogen-bond acceptors (Lipinski definition) is 2. The summed E-state index contributed by atoms with van der Waals surface area (Å²) in [4.78, 5) is 26.0. The van der Waals surface area contributed by atoms with E-state index in [1.165, 1.54) is 25.7 Å². The predicted octanol–water partition coefficient (Wildman–Crippen LogP) is 3.13. The minimum Gasteiger partial charge on any atom is -0.299 e. The van der Waals surface area contributed by atoms with Crippen LogP contribution in [0.3, 0.4) is 0 Å². The Morgan fingerprint density at radius 2 is 1.73 bits per heavy atom. The summed E-state index contributed by atoms with van der Waals surface area (Å²) in [5, 5.41) is 0. The predicted molar refractivity (Wildman–Crippen MR) is 94.9 cm³/mol. The summed E-state index contributed by atoms with van der Waals surface area (Å²) in [6, 6.07) is 0. The van der Waals surface area contributed by atoms with Crippen LogP contribution >= 0.6 is 0 Å². The van der Waals surface area contributed by atoms with Crippen LogP contribution in [0.15, 0.2) is 15.8 Å². The van der Waals surface area contributed by atoms with Crippen molar-refractivity contribution in [2.24, 2.45) is 0 Å². The molecule has 0 saturated carbocycles. The van der Waals surface area contributed by atoms with Gasteiger partial charge in [0.15, 0.2) is 0 Å². The molecule has 0 unspecified atom stereocenters. The number of hydrogen-bond donors (Lipinski definition) is 1. The summed E-state index contributed by atoms with van der Waals surface area (Å²) < 4.78 is 1.58. The van der Waals surface area contributed by atoms with E-state index in [9.17, 15) is 9.59 Å². The van der Waals surface area contributed by atoms with E-state index in [0.717, 1.165) is 12.8 Å². The Kier molecular flexibility index (Phi) is 7.40. The molecule has 4 nitrogen and oxygen atoms in total. The van der Waals surface area contributed by atoms with E-state index in [2.05, 4.69) is 43.0 Å². The van der Waals surface area contributed by atoms with Crippen molar-refractivity contribution in [2.75, 3.05) is 0 Å². The van der Waals surface area contributed by atoms with E-state index in [1.54, 1.807) is 10.8 Å². The first-order valence-corrected chi connectivity index (χ1v) is 11.7. The zero-order valence-electron chi connectivity index (χ0n) is 14.3. The maximum absolute atomic E-state index is 11.8. The fourth-order valence-electron chi connectivity index (χ4n) is 2.08. The normalized spacial score (nSPS) is 11.1. The number of aromatic nitrogens is 2. The fraction of sp³-hybridized carbons (Fsp3) is 0.647. The number of nitrogens with one attached hydrogen (secondary N) is 1. The molecular weight excluding hydrogens is 292 g/mol. The highest BCUT2D eigenvalue weighted by molar-refractivity contribution is 6.83. The van der Waals surface area contributed by atoms with Gasteiger partial charge in [0, 0.05) is 12.7 Å². The number of nitrogens with zero attached hydrogens (tertiary/aromatic N) is 1. The van der Waals surface area contributed by atoms with Crippen LogP contribution in [0.1, 0.15) is 51.0 Å². The zero-order chi connectivity index (χ0) is 16.6. The van der Waals surface area contributed by atoms with Gasteiger partial charge in [0.25, 0.3) is 5.56 Å². The molecule has 0 radical (unpaired) electrons. The Labute approximate surface area is 134 Å². The molecule has 5 heteroatoms. The van der Waals surface area contributed by atoms with E-state index in [1.807, 2.05) is 0 Å². The Balaban J connectivity index is 2.73. The molecule has 122 valence electrons. The summed E-state index contributed by atoms with van der Waals surface area (Å²) in [5.41, 5.74) is 2.85. The lowest BCUT2D eigenvalue weighted by Gasteiger charge is -2.06. The van der Waals surface area contributed by atoms with Crippen molar-refractivity contribution in [1.82, 2.24) is 9.55 Å². The number of aromatic amines is 1. The van der Waals surface area contributed by atoms with Crippen LogP contribution in [-0.4, -0.2) is 17.6 Å². The van der Waals surface area contributed by atoms with Crippen LogP contribution in [0.2, 0.25) is 19.6 Å². The molecule has 0 aliphatic heterocycles. The topological polar surface area (TPSA) is 54.9 Å². The molecule has 0 aliphatic rings. The largest absolute Gasteiger partial charge is 0.328 e. The van der Waals surface area contributed by atoms with E-state index in [0.29, 0.717) is 12.1 Å². The molecule has 0 aliphatic carbocycles. The van der Waals surface area contributed by atoms with Crippen LogP contribution in [0.5, 0.6) is 0 Å². The third-order valence-corrected chi connectivity index (χ3v) is 4.21. The van der Waals surface area contributed by atoms with Gasteiger partial charge in [0.1, 0.15) is 13.6 Å². The van der Waals surface area contributed by atoms with Gasteiger partial charge in [-0.3, -0.25) is 14.3 Å². The van der Waals surface area contributed by atoms with Crippen molar-refractivity contribution >= 4 is 8.07 Å². The van der Waals surface area contributed by atoms with Crippen LogP contribution in [0, 0.1) is 11.5 Å². The first kappa shape index (κ1) is 18.5. The Morgan fingerprint density at radius 3 is 2.36 bits per heavy atom. The fourth-order valence-corrected chi connectivity index (χ4v) is 2.59. The van der Waals surface area contributed by atoms with Crippen LogP contribution in [0.25, 0.3) is 0 Å². The van der Waals surface area contributed by atoms with Crippen LogP contribution in [0.4, 0.5) is 0 Å². The van der Waals surface area contributed by atoms with Crippen molar-refractivity contribution in [3.63, 3.8) is 0 Å². The van der Waals surface area contributed by atoms with Crippen LogP contribution < -0.4 is 11.2 Å². The summed E-state index contributed by atoms with van der Waals surface area (Å²) in [7, 11) is -1.54. The smallest absolute Gasteiger partial charge is 0.299 e. The van der Waals surface area contributed by atoms with Gasteiger partial charge in [-0.1, -0.05) is 64.6 Å². The third kappa shape index (κ3) is 6.95. The Hall–Kier alpha value is -1.54. The molecule has 1 aromatic rings. The Bertz CT molecular complexity index is 642. The highest BCUT2D eigenvalue weighted by Gasteiger charge is 2.08. The summed E-state index contributed by atoms with van der Waals surface area (Å²) in [5.74, 6) is 2.95. The molecule has 1 N–H and O–H groups in total. The molecule has 0 amide bonds. The van der Waals surface area contributed by atoms with E-state index >= 15 is 0 Å². The second-order valence-electron chi connectivity index (χ2n) is 6.76. The number of rotatable bonds is 7. The van der Waals surface area contributed by atoms with Crippen molar-refractivity contribution in [3.05, 3.63) is 32.6 Å². The van der Waals surface area contributed by atoms with Gasteiger partial charge in [0.05, 0.1) is 0 Å². The maximum atomic E-state index is 11.8. The summed E-state index contributed by atoms with van der Waals surface area (Å²) >= 11 is 0. The zero-order valence-corrected chi connectivity index (χ0v) is 15.3. The molecule has 0 saturated heterocycles. The third-order valence-electron chi connectivity index (χ3n) is 3.34. The molecule has 0 aromatic carbocycles. The van der Waals surface area contributed by atoms with Crippen molar-refractivity contribution in [2.45, 2.75) is 71.6 Å². The molecule has 0 spiro atoms. The molecular formula is C17H28N2O2Si. The van der Waals surface area contributed by atoms with Gasteiger partial charge in [0.2, 0.25) is 0 Å². The molecule has 22 heavy (non-hydrogen) atoms. The lowest BCUT2D eigenvalue weighted by molar-refractivity contribution is 0.542. The number of H-pyrrole nitrogens is 1. The van der Waals surface area contributed by atoms with E-state index < -0.39 is 8.07 Å². The first-order chi connectivity index (χ1) is 10.3. The minimum absolute atomic E-state index is 0.336. The van der Waals surface area contributed by atoms with Gasteiger partial charge in [-0.25, -0.2) is 4.79 Å². The average molecular weight is 321 g/mol. The summed E-state index contributed by atoms with van der Waals surface area (Å²) in [6.45, 7) is 9.22. The van der Waals surface area contributed by atoms with Crippen molar-refractivity contribution in [1.29, 1.82) is 0 Å². The van der Waals surface area contributed by atoms with Crippen LogP contribution in [-0.2, 0) is 6.54 Å². The summed E-state index contributed by atoms with van der Waals surface area (Å²) in [6.07, 6.45) is 8.64. The standard InChI is InChI=1S/C17H28N2O2Si/c1-5-6-7-8-9-10-12-19-14-15(11-13-22(2,3)4)16(20)18-17(19)21/h14H,5-10,12H2,1-4H3,(H,18,20,21). The van der Waals surface area contributed by atoms with E-state index in [4.69, 9.17) is 0 Å². The second kappa shape index (κ2) is 8.79. The molecule has 0 bridgehead atoms. The Morgan fingerprint density at radius 1 is 1.09 bits per heavy atom. The lowest BCUT2D eigenvalue weighted by atomic mass is 10.1. The minimum atomic E-state index is -1.54. The van der Waals surface area contributed by atoms with Gasteiger partial charge >= 0.3 is 5.69 Å². The quantitative estimate of drug-likeness (QED) is 0.477. The second-order valence-corrected chi connectivity index (χ2v) is 11.5. The van der Waals surface area contributed by atoms with Gasteiger partial charge in [-0.15, -0.1) is 5.54 Å². The van der Waals surface area contributed by atoms with Gasteiger partial charge < -0.3 is 0 Å². The first-order valence-electron chi connectivity index (χ1n) is 8.20. The number of unbranched alkanes of at least 4 members (excludes halogenated alkanes) is 5. The SMILES string of the molecule is CCCCCCCCn1cc(C#C[Si](C)(C)C)c(=O)[nH]c1=O. The van der Waals surface area contributed by atoms with Gasteiger partial charge in [-0.05, 0) is 6.42 Å². The lowest BCUT2D eigenvalue weighted by Crippen LogP contribution is -2.31.